The Bertz CT molecular complexity index is 488. The molecule has 0 radical (unpaired) electrons. The first-order chi connectivity index (χ1) is 11.9. The lowest BCUT2D eigenvalue weighted by Crippen LogP contribution is -2.44. The number of nitrogens with zero attached hydrogens (tertiary/aromatic N) is 1. The SMILES string of the molecule is c1ccc(N(CC2CCC[C@H]3CCCCC23)C2CCCCC2)cc1. The maximum atomic E-state index is 2.83. The molecule has 0 N–H and O–H groups in total. The monoisotopic (exact) mass is 325 g/mol. The van der Waals surface area contributed by atoms with Crippen LogP contribution >= 0.6 is 0 Å². The van der Waals surface area contributed by atoms with Gasteiger partial charge in [-0.3, -0.25) is 0 Å². The normalized spacial score (nSPS) is 31.4. The summed E-state index contributed by atoms with van der Waals surface area (Å²) in [6.07, 6.45) is 17.7. The van der Waals surface area contributed by atoms with Gasteiger partial charge in [0.1, 0.15) is 0 Å². The van der Waals surface area contributed by atoms with E-state index in [1.54, 1.807) is 0 Å². The predicted molar refractivity (Wildman–Crippen MR) is 103 cm³/mol. The molecule has 0 bridgehead atoms. The van der Waals surface area contributed by atoms with Gasteiger partial charge in [0.2, 0.25) is 0 Å². The van der Waals surface area contributed by atoms with E-state index in [9.17, 15) is 0 Å². The lowest BCUT2D eigenvalue weighted by Gasteiger charge is -2.46. The molecular formula is C23H35N. The Morgan fingerprint density at radius 3 is 2.25 bits per heavy atom. The molecule has 3 aliphatic rings. The van der Waals surface area contributed by atoms with E-state index in [1.807, 2.05) is 0 Å². The van der Waals surface area contributed by atoms with Crippen molar-refractivity contribution in [2.75, 3.05) is 11.4 Å². The van der Waals surface area contributed by atoms with Gasteiger partial charge in [-0.25, -0.2) is 0 Å². The minimum atomic E-state index is 0.796. The largest absolute Gasteiger partial charge is 0.368 e. The van der Waals surface area contributed by atoms with E-state index in [0.717, 1.165) is 23.8 Å². The van der Waals surface area contributed by atoms with Gasteiger partial charge in [0.25, 0.3) is 0 Å². The molecule has 3 saturated carbocycles. The average molecular weight is 326 g/mol. The van der Waals surface area contributed by atoms with Gasteiger partial charge >= 0.3 is 0 Å². The minimum Gasteiger partial charge on any atom is -0.368 e. The molecule has 0 aromatic heterocycles. The van der Waals surface area contributed by atoms with Gasteiger partial charge in [0.05, 0.1) is 0 Å². The molecule has 1 nitrogen and oxygen atoms in total. The fourth-order valence-corrected chi connectivity index (χ4v) is 6.03. The molecule has 132 valence electrons. The molecule has 1 aromatic rings. The zero-order chi connectivity index (χ0) is 16.2. The van der Waals surface area contributed by atoms with Crippen LogP contribution in [0.25, 0.3) is 0 Å². The summed E-state index contributed by atoms with van der Waals surface area (Å²) < 4.78 is 0. The molecule has 0 saturated heterocycles. The lowest BCUT2D eigenvalue weighted by atomic mass is 9.65. The molecule has 3 aliphatic carbocycles. The quantitative estimate of drug-likeness (QED) is 0.616. The van der Waals surface area contributed by atoms with Crippen molar-refractivity contribution >= 4 is 5.69 Å². The van der Waals surface area contributed by atoms with E-state index in [0.29, 0.717) is 0 Å². The van der Waals surface area contributed by atoms with Crippen LogP contribution in [-0.4, -0.2) is 12.6 Å². The van der Waals surface area contributed by atoms with Crippen molar-refractivity contribution in [3.05, 3.63) is 30.3 Å². The third-order valence-corrected chi connectivity index (χ3v) is 7.26. The first kappa shape index (κ1) is 16.5. The van der Waals surface area contributed by atoms with Crippen LogP contribution in [0.5, 0.6) is 0 Å². The summed E-state index contributed by atoms with van der Waals surface area (Å²) in [5.41, 5.74) is 1.49. The summed E-state index contributed by atoms with van der Waals surface area (Å²) in [7, 11) is 0. The highest BCUT2D eigenvalue weighted by Gasteiger charge is 2.36. The summed E-state index contributed by atoms with van der Waals surface area (Å²) in [5, 5.41) is 0. The van der Waals surface area contributed by atoms with Gasteiger partial charge < -0.3 is 4.90 Å². The highest BCUT2D eigenvalue weighted by Crippen LogP contribution is 2.44. The molecule has 0 aliphatic heterocycles. The molecule has 1 heteroatoms. The van der Waals surface area contributed by atoms with Gasteiger partial charge in [0, 0.05) is 18.3 Å². The number of hydrogen-bond acceptors (Lipinski definition) is 1. The summed E-state index contributed by atoms with van der Waals surface area (Å²) in [6.45, 7) is 1.33. The van der Waals surface area contributed by atoms with Crippen molar-refractivity contribution in [3.8, 4) is 0 Å². The van der Waals surface area contributed by atoms with Gasteiger partial charge in [-0.2, -0.15) is 0 Å². The minimum absolute atomic E-state index is 0.796. The molecule has 1 aromatic carbocycles. The third kappa shape index (κ3) is 3.65. The Hall–Kier alpha value is -0.980. The number of hydrogen-bond donors (Lipinski definition) is 0. The zero-order valence-corrected chi connectivity index (χ0v) is 15.3. The van der Waals surface area contributed by atoms with Crippen molar-refractivity contribution in [2.24, 2.45) is 17.8 Å². The summed E-state index contributed by atoms with van der Waals surface area (Å²) in [6, 6.07) is 12.1. The van der Waals surface area contributed by atoms with Crippen molar-refractivity contribution < 1.29 is 0 Å². The number of anilines is 1. The van der Waals surface area contributed by atoms with Crippen LogP contribution in [0.4, 0.5) is 5.69 Å². The van der Waals surface area contributed by atoms with Crippen LogP contribution in [0.15, 0.2) is 30.3 Å². The number of benzene rings is 1. The Labute approximate surface area is 148 Å². The Balaban J connectivity index is 1.52. The smallest absolute Gasteiger partial charge is 0.0368 e. The highest BCUT2D eigenvalue weighted by molar-refractivity contribution is 5.47. The van der Waals surface area contributed by atoms with E-state index >= 15 is 0 Å². The van der Waals surface area contributed by atoms with E-state index < -0.39 is 0 Å². The molecule has 0 spiro atoms. The van der Waals surface area contributed by atoms with E-state index in [-0.39, 0.29) is 0 Å². The Morgan fingerprint density at radius 2 is 1.42 bits per heavy atom. The highest BCUT2D eigenvalue weighted by atomic mass is 15.2. The van der Waals surface area contributed by atoms with Crippen LogP contribution in [0.2, 0.25) is 0 Å². The first-order valence-electron chi connectivity index (χ1n) is 10.7. The second-order valence-corrected chi connectivity index (χ2v) is 8.68. The van der Waals surface area contributed by atoms with Gasteiger partial charge in [-0.1, -0.05) is 69.6 Å². The van der Waals surface area contributed by atoms with Crippen molar-refractivity contribution in [1.82, 2.24) is 0 Å². The second kappa shape index (κ2) is 7.93. The molecular weight excluding hydrogens is 290 g/mol. The number of para-hydroxylation sites is 1. The standard InChI is InChI=1S/C23H35N/c1-3-13-21(14-4-1)24(22-15-5-2-6-16-22)18-20-12-9-11-19-10-7-8-17-23(19)20/h1,3-4,13-14,19-20,22-23H,2,5-12,15-18H2/t19-,20?,23?/m1/s1. The second-order valence-electron chi connectivity index (χ2n) is 8.68. The maximum Gasteiger partial charge on any atom is 0.0368 e. The molecule has 4 rings (SSSR count). The van der Waals surface area contributed by atoms with Crippen LogP contribution in [0, 0.1) is 17.8 Å². The van der Waals surface area contributed by atoms with Crippen molar-refractivity contribution in [1.29, 1.82) is 0 Å². The average Bonchev–Trinajstić information content (AvgIpc) is 2.67. The van der Waals surface area contributed by atoms with E-state index in [4.69, 9.17) is 0 Å². The number of fused-ring (bicyclic) bond motifs is 1. The summed E-state index contributed by atoms with van der Waals surface area (Å²) in [4.78, 5) is 2.83. The van der Waals surface area contributed by atoms with Crippen LogP contribution in [0.1, 0.15) is 77.0 Å². The zero-order valence-electron chi connectivity index (χ0n) is 15.3. The Kier molecular flexibility index (Phi) is 5.45. The van der Waals surface area contributed by atoms with Crippen LogP contribution < -0.4 is 4.90 Å². The van der Waals surface area contributed by atoms with E-state index in [2.05, 4.69) is 35.2 Å². The van der Waals surface area contributed by atoms with Gasteiger partial charge in [-0.05, 0) is 55.6 Å². The maximum absolute atomic E-state index is 2.83. The molecule has 3 fully saturated rings. The molecule has 0 amide bonds. The lowest BCUT2D eigenvalue weighted by molar-refractivity contribution is 0.105. The number of rotatable bonds is 4. The summed E-state index contributed by atoms with van der Waals surface area (Å²) >= 11 is 0. The molecule has 3 atom stereocenters. The van der Waals surface area contributed by atoms with Crippen LogP contribution in [0.3, 0.4) is 0 Å². The van der Waals surface area contributed by atoms with Crippen molar-refractivity contribution in [3.63, 3.8) is 0 Å². The Morgan fingerprint density at radius 1 is 0.708 bits per heavy atom. The van der Waals surface area contributed by atoms with Crippen molar-refractivity contribution in [2.45, 2.75) is 83.1 Å². The van der Waals surface area contributed by atoms with Crippen LogP contribution in [-0.2, 0) is 0 Å². The van der Waals surface area contributed by atoms with E-state index in [1.165, 1.54) is 89.3 Å². The topological polar surface area (TPSA) is 3.24 Å². The third-order valence-electron chi connectivity index (χ3n) is 7.26. The first-order valence-corrected chi connectivity index (χ1v) is 10.7. The molecule has 0 heterocycles. The van der Waals surface area contributed by atoms with Gasteiger partial charge in [0.15, 0.2) is 0 Å². The molecule has 24 heavy (non-hydrogen) atoms. The molecule has 2 unspecified atom stereocenters. The fourth-order valence-electron chi connectivity index (χ4n) is 6.03. The fraction of sp³-hybridized carbons (Fsp3) is 0.739. The van der Waals surface area contributed by atoms with Gasteiger partial charge in [-0.15, -0.1) is 0 Å². The summed E-state index contributed by atoms with van der Waals surface area (Å²) in [5.74, 6) is 3.04. The predicted octanol–water partition coefficient (Wildman–Crippen LogP) is 6.43.